The Balaban J connectivity index is 1.75. The van der Waals surface area contributed by atoms with E-state index in [1.54, 1.807) is 24.3 Å². The van der Waals surface area contributed by atoms with Crippen LogP contribution in [0.15, 0.2) is 24.3 Å². The lowest BCUT2D eigenvalue weighted by molar-refractivity contribution is -0.327. The fourth-order valence-electron chi connectivity index (χ4n) is 3.22. The molecule has 2 N–H and O–H groups in total. The first kappa shape index (κ1) is 12.9. The molecule has 0 saturated carbocycles. The fraction of sp³-hybridized carbons (Fsp3) is 0.429. The number of carbonyl (C=O) groups excluding carboxylic acids is 2. The maximum absolute atomic E-state index is 12.5. The Morgan fingerprint density at radius 2 is 1.71 bits per heavy atom. The molecular formula is C14H13NO6. The Morgan fingerprint density at radius 1 is 1.10 bits per heavy atom. The molecule has 3 fully saturated rings. The molecule has 0 aliphatic carbocycles. The van der Waals surface area contributed by atoms with Crippen molar-refractivity contribution in [2.24, 2.45) is 0 Å². The lowest BCUT2D eigenvalue weighted by atomic mass is 9.92. The number of ether oxygens (including phenoxy) is 2. The maximum atomic E-state index is 12.5. The van der Waals surface area contributed by atoms with E-state index in [9.17, 15) is 19.8 Å². The summed E-state index contributed by atoms with van der Waals surface area (Å²) in [6.07, 6.45) is -4.03. The largest absolute Gasteiger partial charge is 0.388 e. The monoisotopic (exact) mass is 291 g/mol. The van der Waals surface area contributed by atoms with Crippen LogP contribution in [0.2, 0.25) is 0 Å². The van der Waals surface area contributed by atoms with E-state index in [2.05, 4.69) is 0 Å². The van der Waals surface area contributed by atoms with Gasteiger partial charge in [0.15, 0.2) is 6.29 Å². The molecule has 0 unspecified atom stereocenters. The summed E-state index contributed by atoms with van der Waals surface area (Å²) in [6, 6.07) is 5.53. The smallest absolute Gasteiger partial charge is 0.261 e. The summed E-state index contributed by atoms with van der Waals surface area (Å²) in [7, 11) is 0. The van der Waals surface area contributed by atoms with Crippen LogP contribution in [0.1, 0.15) is 20.7 Å². The number of amides is 2. The molecule has 5 rings (SSSR count). The number of nitrogens with zero attached hydrogens (tertiary/aromatic N) is 1. The minimum Gasteiger partial charge on any atom is -0.388 e. The molecule has 21 heavy (non-hydrogen) atoms. The molecule has 4 aliphatic rings. The van der Waals surface area contributed by atoms with Crippen molar-refractivity contribution < 1.29 is 29.3 Å². The molecule has 2 amide bonds. The van der Waals surface area contributed by atoms with Gasteiger partial charge in [-0.1, -0.05) is 12.1 Å². The number of carbonyl (C=O) groups is 2. The summed E-state index contributed by atoms with van der Waals surface area (Å²) in [5, 5.41) is 20.1. The molecule has 0 spiro atoms. The minimum absolute atomic E-state index is 0.128. The van der Waals surface area contributed by atoms with Crippen LogP contribution in [0.25, 0.3) is 0 Å². The summed E-state index contributed by atoms with van der Waals surface area (Å²) >= 11 is 0. The number of rotatable bonds is 1. The van der Waals surface area contributed by atoms with E-state index in [1.165, 1.54) is 0 Å². The average Bonchev–Trinajstić information content (AvgIpc) is 2.74. The van der Waals surface area contributed by atoms with Crippen LogP contribution in [-0.4, -0.2) is 64.2 Å². The van der Waals surface area contributed by atoms with Gasteiger partial charge >= 0.3 is 0 Å². The topological polar surface area (TPSA) is 96.3 Å². The highest BCUT2D eigenvalue weighted by Crippen LogP contribution is 2.35. The number of imide groups is 1. The van der Waals surface area contributed by atoms with Crippen molar-refractivity contribution in [3.63, 3.8) is 0 Å². The third-order valence-electron chi connectivity index (χ3n) is 4.24. The van der Waals surface area contributed by atoms with E-state index < -0.39 is 42.5 Å². The minimum atomic E-state index is -1.26. The lowest BCUT2D eigenvalue weighted by Crippen LogP contribution is -2.70. The molecule has 7 nitrogen and oxygen atoms in total. The molecule has 4 heterocycles. The van der Waals surface area contributed by atoms with Gasteiger partial charge in [-0.2, -0.15) is 0 Å². The second-order valence-corrected chi connectivity index (χ2v) is 5.37. The first-order valence-corrected chi connectivity index (χ1v) is 6.69. The van der Waals surface area contributed by atoms with Crippen LogP contribution in [0.5, 0.6) is 0 Å². The number of fused-ring (bicyclic) bond motifs is 4. The Hall–Kier alpha value is -1.80. The fourth-order valence-corrected chi connectivity index (χ4v) is 3.22. The predicted octanol–water partition coefficient (Wildman–Crippen LogP) is -0.872. The van der Waals surface area contributed by atoms with E-state index in [0.717, 1.165) is 4.90 Å². The van der Waals surface area contributed by atoms with Crippen molar-refractivity contribution in [2.45, 2.75) is 30.6 Å². The number of aliphatic hydroxyl groups excluding tert-OH is 2. The van der Waals surface area contributed by atoms with Crippen LogP contribution < -0.4 is 0 Å². The molecule has 110 valence electrons. The van der Waals surface area contributed by atoms with Crippen molar-refractivity contribution in [3.05, 3.63) is 35.4 Å². The highest BCUT2D eigenvalue weighted by Gasteiger charge is 2.56. The third-order valence-corrected chi connectivity index (χ3v) is 4.24. The zero-order valence-corrected chi connectivity index (χ0v) is 10.9. The summed E-state index contributed by atoms with van der Waals surface area (Å²) < 4.78 is 10.6. The van der Waals surface area contributed by atoms with E-state index in [1.807, 2.05) is 0 Å². The van der Waals surface area contributed by atoms with E-state index in [-0.39, 0.29) is 6.61 Å². The van der Waals surface area contributed by atoms with Gasteiger partial charge in [-0.3, -0.25) is 14.5 Å². The molecule has 2 bridgehead atoms. The van der Waals surface area contributed by atoms with Gasteiger partial charge in [0.2, 0.25) is 0 Å². The zero-order valence-electron chi connectivity index (χ0n) is 10.9. The summed E-state index contributed by atoms with van der Waals surface area (Å²) in [4.78, 5) is 25.9. The van der Waals surface area contributed by atoms with Crippen molar-refractivity contribution in [2.75, 3.05) is 6.61 Å². The lowest BCUT2D eigenvalue weighted by Gasteiger charge is -2.50. The maximum Gasteiger partial charge on any atom is 0.261 e. The molecular weight excluding hydrogens is 278 g/mol. The van der Waals surface area contributed by atoms with Gasteiger partial charge in [0.25, 0.3) is 11.8 Å². The van der Waals surface area contributed by atoms with Gasteiger partial charge < -0.3 is 19.7 Å². The first-order chi connectivity index (χ1) is 10.1. The van der Waals surface area contributed by atoms with Crippen LogP contribution in [-0.2, 0) is 9.47 Å². The number of hydrogen-bond acceptors (Lipinski definition) is 6. The SMILES string of the molecule is O=C1c2ccccc2C(=O)N1[C@@H]1[C@H](O)[C@H]2CO[C@H]1[C@@H](O)O2. The van der Waals surface area contributed by atoms with Gasteiger partial charge in [-0.05, 0) is 12.1 Å². The Bertz CT molecular complexity index is 597. The Morgan fingerprint density at radius 3 is 2.29 bits per heavy atom. The molecule has 1 aromatic rings. The second kappa shape index (κ2) is 4.35. The van der Waals surface area contributed by atoms with E-state index in [4.69, 9.17) is 9.47 Å². The summed E-state index contributed by atoms with van der Waals surface area (Å²) in [5.41, 5.74) is 0.595. The number of aliphatic hydroxyl groups is 2. The van der Waals surface area contributed by atoms with Crippen LogP contribution in [0.4, 0.5) is 0 Å². The molecule has 4 aliphatic heterocycles. The van der Waals surface area contributed by atoms with Crippen molar-refractivity contribution >= 4 is 11.8 Å². The molecule has 3 saturated heterocycles. The second-order valence-electron chi connectivity index (χ2n) is 5.37. The standard InChI is InChI=1S/C14H13NO6/c16-10-8-5-20-11(14(19)21-8)9(10)15-12(17)6-3-1-2-4-7(6)13(15)18/h1-4,8-11,14,16,19H,5H2/t8-,9-,10-,11-,14+/m1/s1. The van der Waals surface area contributed by atoms with Gasteiger partial charge in [0.05, 0.1) is 17.7 Å². The van der Waals surface area contributed by atoms with Crippen LogP contribution in [0, 0.1) is 0 Å². The molecule has 5 atom stereocenters. The Labute approximate surface area is 119 Å². The van der Waals surface area contributed by atoms with Crippen molar-refractivity contribution in [1.29, 1.82) is 0 Å². The highest BCUT2D eigenvalue weighted by molar-refractivity contribution is 6.21. The van der Waals surface area contributed by atoms with Gasteiger partial charge in [-0.15, -0.1) is 0 Å². The molecule has 1 aromatic carbocycles. The quantitative estimate of drug-likeness (QED) is 0.653. The number of benzene rings is 1. The first-order valence-electron chi connectivity index (χ1n) is 6.69. The zero-order chi connectivity index (χ0) is 14.7. The summed E-state index contributed by atoms with van der Waals surface area (Å²) in [5.74, 6) is -0.967. The Kier molecular flexibility index (Phi) is 2.67. The number of hydrogen-bond donors (Lipinski definition) is 2. The average molecular weight is 291 g/mol. The van der Waals surface area contributed by atoms with E-state index >= 15 is 0 Å². The molecule has 0 radical (unpaired) electrons. The van der Waals surface area contributed by atoms with Gasteiger partial charge in [-0.25, -0.2) is 0 Å². The van der Waals surface area contributed by atoms with Gasteiger partial charge in [0, 0.05) is 0 Å². The van der Waals surface area contributed by atoms with E-state index in [0.29, 0.717) is 11.1 Å². The van der Waals surface area contributed by atoms with Crippen LogP contribution in [0.3, 0.4) is 0 Å². The molecule has 0 aromatic heterocycles. The summed E-state index contributed by atoms with van der Waals surface area (Å²) in [6.45, 7) is 0.128. The predicted molar refractivity (Wildman–Crippen MR) is 67.4 cm³/mol. The molecule has 7 heteroatoms. The van der Waals surface area contributed by atoms with Crippen molar-refractivity contribution in [3.8, 4) is 0 Å². The normalized spacial score (nSPS) is 38.0. The van der Waals surface area contributed by atoms with Crippen molar-refractivity contribution in [1.82, 2.24) is 4.90 Å². The van der Waals surface area contributed by atoms with Crippen LogP contribution >= 0.6 is 0 Å². The third kappa shape index (κ3) is 1.63. The highest BCUT2D eigenvalue weighted by atomic mass is 16.7. The van der Waals surface area contributed by atoms with Gasteiger partial charge in [0.1, 0.15) is 24.4 Å².